The Morgan fingerprint density at radius 1 is 1.10 bits per heavy atom. The molecule has 2 aromatic heterocycles. The van der Waals surface area contributed by atoms with Gasteiger partial charge in [-0.2, -0.15) is 0 Å². The molecule has 2 rings (SSSR count). The lowest BCUT2D eigenvalue weighted by atomic mass is 10.2. The fourth-order valence-electron chi connectivity index (χ4n) is 1.50. The van der Waals surface area contributed by atoms with Crippen molar-refractivity contribution in [2.75, 3.05) is 0 Å². The van der Waals surface area contributed by atoms with Crippen molar-refractivity contribution < 1.29 is 19.8 Å². The highest BCUT2D eigenvalue weighted by molar-refractivity contribution is 7.98. The first-order valence-corrected chi connectivity index (χ1v) is 6.56. The van der Waals surface area contributed by atoms with E-state index in [1.807, 2.05) is 0 Å². The number of carboxylic acids is 2. The number of pyridine rings is 2. The maximum Gasteiger partial charge on any atom is 0.354 e. The van der Waals surface area contributed by atoms with Gasteiger partial charge in [-0.1, -0.05) is 0 Å². The minimum absolute atomic E-state index is 0.0393. The summed E-state index contributed by atoms with van der Waals surface area (Å²) in [5.74, 6) is -1.72. The molecule has 102 valence electrons. The minimum atomic E-state index is -1.10. The zero-order chi connectivity index (χ0) is 14.5. The molecule has 2 aromatic rings. The highest BCUT2D eigenvalue weighted by Crippen LogP contribution is 2.24. The van der Waals surface area contributed by atoms with E-state index in [1.54, 1.807) is 12.1 Å². The first-order chi connectivity index (χ1) is 9.58. The summed E-state index contributed by atoms with van der Waals surface area (Å²) in [5.41, 5.74) is 0.831. The van der Waals surface area contributed by atoms with Crippen molar-refractivity contribution in [3.63, 3.8) is 0 Å². The number of aromatic carboxylic acids is 2. The average molecular weight is 290 g/mol. The van der Waals surface area contributed by atoms with Crippen LogP contribution in [0.1, 0.15) is 26.4 Å². The van der Waals surface area contributed by atoms with Gasteiger partial charge in [0.15, 0.2) is 0 Å². The molecule has 0 saturated heterocycles. The van der Waals surface area contributed by atoms with E-state index in [0.717, 1.165) is 5.56 Å². The van der Waals surface area contributed by atoms with E-state index >= 15 is 0 Å². The molecule has 0 atom stereocenters. The second-order valence-electron chi connectivity index (χ2n) is 3.80. The zero-order valence-corrected chi connectivity index (χ0v) is 11.0. The quantitative estimate of drug-likeness (QED) is 0.814. The first-order valence-electron chi connectivity index (χ1n) is 5.57. The Kier molecular flexibility index (Phi) is 4.31. The number of carboxylic acid groups (broad SMARTS) is 2. The van der Waals surface area contributed by atoms with E-state index in [2.05, 4.69) is 9.97 Å². The lowest BCUT2D eigenvalue weighted by Gasteiger charge is -2.05. The molecular formula is C13H10N2O4S. The van der Waals surface area contributed by atoms with E-state index < -0.39 is 11.9 Å². The molecule has 0 aliphatic rings. The van der Waals surface area contributed by atoms with E-state index in [-0.39, 0.29) is 11.3 Å². The minimum Gasteiger partial charge on any atom is -0.478 e. The molecule has 6 nitrogen and oxygen atoms in total. The number of rotatable bonds is 5. The van der Waals surface area contributed by atoms with Crippen molar-refractivity contribution in [3.8, 4) is 0 Å². The molecular weight excluding hydrogens is 280 g/mol. The number of thioether (sulfide) groups is 1. The molecule has 7 heteroatoms. The second kappa shape index (κ2) is 6.16. The molecule has 0 saturated carbocycles. The summed E-state index contributed by atoms with van der Waals surface area (Å²) < 4.78 is 0. The summed E-state index contributed by atoms with van der Waals surface area (Å²) >= 11 is 1.24. The average Bonchev–Trinajstić information content (AvgIpc) is 2.45. The lowest BCUT2D eigenvalue weighted by Crippen LogP contribution is -2.02. The van der Waals surface area contributed by atoms with Crippen LogP contribution in [0.5, 0.6) is 0 Å². The number of nitrogens with zero attached hydrogens (tertiary/aromatic N) is 2. The maximum atomic E-state index is 11.0. The van der Waals surface area contributed by atoms with E-state index in [9.17, 15) is 9.59 Å². The van der Waals surface area contributed by atoms with Gasteiger partial charge in [0.25, 0.3) is 0 Å². The van der Waals surface area contributed by atoms with Gasteiger partial charge in [-0.15, -0.1) is 11.8 Å². The number of carbonyl (C=O) groups is 2. The summed E-state index contributed by atoms with van der Waals surface area (Å²) in [4.78, 5) is 29.6. The van der Waals surface area contributed by atoms with Crippen LogP contribution in [0.2, 0.25) is 0 Å². The molecule has 20 heavy (non-hydrogen) atoms. The molecule has 0 spiro atoms. The SMILES string of the molecule is O=C(O)c1cc(CSc2ncccc2C(=O)O)ccn1. The van der Waals surface area contributed by atoms with Gasteiger partial charge in [-0.25, -0.2) is 19.6 Å². The van der Waals surface area contributed by atoms with Crippen molar-refractivity contribution in [1.29, 1.82) is 0 Å². The maximum absolute atomic E-state index is 11.0. The largest absolute Gasteiger partial charge is 0.478 e. The molecule has 0 fully saturated rings. The molecule has 0 radical (unpaired) electrons. The van der Waals surface area contributed by atoms with Gasteiger partial charge in [-0.3, -0.25) is 0 Å². The van der Waals surface area contributed by atoms with Crippen LogP contribution in [0.4, 0.5) is 0 Å². The smallest absolute Gasteiger partial charge is 0.354 e. The van der Waals surface area contributed by atoms with E-state index in [1.165, 1.54) is 36.3 Å². The molecule has 0 bridgehead atoms. The topological polar surface area (TPSA) is 100 Å². The summed E-state index contributed by atoms with van der Waals surface area (Å²) in [6, 6.07) is 6.18. The predicted octanol–water partition coefficient (Wildman–Crippen LogP) is 2.17. The standard InChI is InChI=1S/C13H10N2O4S/c16-12(17)9-2-1-4-15-11(9)20-7-8-3-5-14-10(6-8)13(18)19/h1-6H,7H2,(H,16,17)(H,18,19). The molecule has 0 unspecified atom stereocenters. The molecule has 0 aliphatic carbocycles. The predicted molar refractivity (Wildman–Crippen MR) is 72.0 cm³/mol. The summed E-state index contributed by atoms with van der Waals surface area (Å²) in [7, 11) is 0. The second-order valence-corrected chi connectivity index (χ2v) is 4.77. The third-order valence-electron chi connectivity index (χ3n) is 2.42. The van der Waals surface area contributed by atoms with Gasteiger partial charge in [0.05, 0.1) is 5.56 Å². The van der Waals surface area contributed by atoms with Crippen LogP contribution in [0.3, 0.4) is 0 Å². The third-order valence-corrected chi connectivity index (χ3v) is 3.50. The van der Waals surface area contributed by atoms with Crippen LogP contribution in [0.15, 0.2) is 41.7 Å². The van der Waals surface area contributed by atoms with Crippen LogP contribution in [-0.2, 0) is 5.75 Å². The zero-order valence-electron chi connectivity index (χ0n) is 10.2. The van der Waals surface area contributed by atoms with Crippen molar-refractivity contribution in [2.45, 2.75) is 10.8 Å². The van der Waals surface area contributed by atoms with Gasteiger partial charge in [0.1, 0.15) is 10.7 Å². The molecule has 2 N–H and O–H groups in total. The molecule has 2 heterocycles. The molecule has 0 aromatic carbocycles. The Hall–Kier alpha value is -2.41. The van der Waals surface area contributed by atoms with Gasteiger partial charge in [0, 0.05) is 18.1 Å². The van der Waals surface area contributed by atoms with Crippen LogP contribution in [0.25, 0.3) is 0 Å². The van der Waals surface area contributed by atoms with Crippen molar-refractivity contribution >= 4 is 23.7 Å². The first kappa shape index (κ1) is 14.0. The van der Waals surface area contributed by atoms with Crippen LogP contribution in [0, 0.1) is 0 Å². The summed E-state index contributed by atoms with van der Waals surface area (Å²) in [5, 5.41) is 18.3. The fraction of sp³-hybridized carbons (Fsp3) is 0.0769. The summed E-state index contributed by atoms with van der Waals surface area (Å²) in [6.07, 6.45) is 2.93. The van der Waals surface area contributed by atoms with E-state index in [0.29, 0.717) is 10.8 Å². The normalized spacial score (nSPS) is 10.2. The Balaban J connectivity index is 2.15. The molecule has 0 amide bonds. The Morgan fingerprint density at radius 2 is 1.90 bits per heavy atom. The number of hydrogen-bond donors (Lipinski definition) is 2. The van der Waals surface area contributed by atoms with Gasteiger partial charge < -0.3 is 10.2 Å². The van der Waals surface area contributed by atoms with Gasteiger partial charge in [-0.05, 0) is 29.8 Å². The fourth-order valence-corrected chi connectivity index (χ4v) is 2.43. The van der Waals surface area contributed by atoms with Crippen molar-refractivity contribution in [1.82, 2.24) is 9.97 Å². The van der Waals surface area contributed by atoms with Crippen molar-refractivity contribution in [3.05, 3.63) is 53.5 Å². The highest BCUT2D eigenvalue weighted by Gasteiger charge is 2.11. The van der Waals surface area contributed by atoms with Crippen LogP contribution in [-0.4, -0.2) is 32.1 Å². The summed E-state index contributed by atoms with van der Waals surface area (Å²) in [6.45, 7) is 0. The number of aromatic nitrogens is 2. The van der Waals surface area contributed by atoms with Crippen LogP contribution >= 0.6 is 11.8 Å². The Labute approximate surface area is 118 Å². The Morgan fingerprint density at radius 3 is 2.60 bits per heavy atom. The van der Waals surface area contributed by atoms with Crippen molar-refractivity contribution in [2.24, 2.45) is 0 Å². The van der Waals surface area contributed by atoms with E-state index in [4.69, 9.17) is 10.2 Å². The Bertz CT molecular complexity index is 660. The van der Waals surface area contributed by atoms with Gasteiger partial charge in [0.2, 0.25) is 0 Å². The highest BCUT2D eigenvalue weighted by atomic mass is 32.2. The molecule has 0 aliphatic heterocycles. The van der Waals surface area contributed by atoms with Gasteiger partial charge >= 0.3 is 11.9 Å². The lowest BCUT2D eigenvalue weighted by molar-refractivity contribution is 0.0680. The number of hydrogen-bond acceptors (Lipinski definition) is 5. The van der Waals surface area contributed by atoms with Crippen LogP contribution < -0.4 is 0 Å². The third kappa shape index (κ3) is 3.33. The monoisotopic (exact) mass is 290 g/mol.